The second kappa shape index (κ2) is 8.94. The predicted octanol–water partition coefficient (Wildman–Crippen LogP) is 4.15. The van der Waals surface area contributed by atoms with Crippen molar-refractivity contribution in [1.82, 2.24) is 15.0 Å². The number of pyridine rings is 1. The summed E-state index contributed by atoms with van der Waals surface area (Å²) in [5.41, 5.74) is 0.906. The Kier molecular flexibility index (Phi) is 6.21. The second-order valence-corrected chi connectivity index (χ2v) is 8.67. The Hall–Kier alpha value is -3.26. The van der Waals surface area contributed by atoms with Crippen LogP contribution < -0.4 is 0 Å². The number of hydrogen-bond donors (Lipinski definition) is 0. The lowest BCUT2D eigenvalue weighted by molar-refractivity contribution is -0.150. The number of amides is 1. The average Bonchev–Trinajstić information content (AvgIpc) is 3.17. The molecule has 0 aliphatic heterocycles. The van der Waals surface area contributed by atoms with Crippen LogP contribution in [0.5, 0.6) is 0 Å². The molecular formula is C24H24ClN3O5. The summed E-state index contributed by atoms with van der Waals surface area (Å²) in [5.74, 6) is -1.27. The van der Waals surface area contributed by atoms with Gasteiger partial charge in [-0.25, -0.2) is 9.78 Å². The van der Waals surface area contributed by atoms with E-state index in [-0.39, 0.29) is 17.1 Å². The van der Waals surface area contributed by atoms with Gasteiger partial charge in [0.15, 0.2) is 12.4 Å². The lowest BCUT2D eigenvalue weighted by atomic mass is 9.74. The Bertz CT molecular complexity index is 1250. The molecule has 2 heterocycles. The molecule has 0 spiro atoms. The zero-order chi connectivity index (χ0) is 23.8. The highest BCUT2D eigenvalue weighted by Gasteiger charge is 2.48. The number of nitrogens with zero attached hydrogens (tertiary/aromatic N) is 3. The maximum atomic E-state index is 13.2. The number of ketones is 1. The number of fused-ring (bicyclic) bond motifs is 1. The number of halogens is 1. The fraction of sp³-hybridized carbons (Fsp3) is 0.375. The van der Waals surface area contributed by atoms with Crippen LogP contribution in [0.4, 0.5) is 0 Å². The molecule has 8 nitrogen and oxygen atoms in total. The van der Waals surface area contributed by atoms with Gasteiger partial charge in [0.1, 0.15) is 5.54 Å². The van der Waals surface area contributed by atoms with E-state index >= 15 is 0 Å². The van der Waals surface area contributed by atoms with Crippen LogP contribution in [-0.4, -0.2) is 46.4 Å². The Morgan fingerprint density at radius 3 is 2.73 bits per heavy atom. The maximum Gasteiger partial charge on any atom is 0.339 e. The van der Waals surface area contributed by atoms with Crippen molar-refractivity contribution in [2.24, 2.45) is 0 Å². The quantitative estimate of drug-likeness (QED) is 0.517. The molecule has 1 amide bonds. The van der Waals surface area contributed by atoms with Gasteiger partial charge in [0, 0.05) is 29.7 Å². The fourth-order valence-electron chi connectivity index (χ4n) is 4.52. The molecule has 0 radical (unpaired) electrons. The van der Waals surface area contributed by atoms with Gasteiger partial charge in [-0.15, -0.1) is 0 Å². The highest BCUT2D eigenvalue weighted by atomic mass is 35.5. The van der Waals surface area contributed by atoms with Gasteiger partial charge >= 0.3 is 5.97 Å². The molecular weight excluding hydrogens is 446 g/mol. The molecule has 2 aromatic heterocycles. The van der Waals surface area contributed by atoms with Gasteiger partial charge in [-0.1, -0.05) is 35.0 Å². The summed E-state index contributed by atoms with van der Waals surface area (Å²) in [5, 5.41) is 4.72. The molecule has 33 heavy (non-hydrogen) atoms. The summed E-state index contributed by atoms with van der Waals surface area (Å²) >= 11 is 6.45. The van der Waals surface area contributed by atoms with Gasteiger partial charge in [0.2, 0.25) is 0 Å². The van der Waals surface area contributed by atoms with Crippen LogP contribution in [0, 0.1) is 13.8 Å². The van der Waals surface area contributed by atoms with Crippen LogP contribution >= 0.6 is 11.6 Å². The smallest absolute Gasteiger partial charge is 0.339 e. The van der Waals surface area contributed by atoms with Crippen LogP contribution in [0.1, 0.15) is 53.0 Å². The highest BCUT2D eigenvalue weighted by molar-refractivity contribution is 6.31. The van der Waals surface area contributed by atoms with Crippen LogP contribution in [0.25, 0.3) is 11.1 Å². The zero-order valence-electron chi connectivity index (χ0n) is 18.7. The van der Waals surface area contributed by atoms with Crippen LogP contribution in [-0.2, 0) is 19.9 Å². The molecule has 1 aromatic carbocycles. The summed E-state index contributed by atoms with van der Waals surface area (Å²) < 4.78 is 10.5. The Morgan fingerprint density at radius 1 is 1.24 bits per heavy atom. The van der Waals surface area contributed by atoms with Crippen molar-refractivity contribution in [3.8, 4) is 0 Å². The van der Waals surface area contributed by atoms with Crippen molar-refractivity contribution < 1.29 is 23.6 Å². The highest BCUT2D eigenvalue weighted by Crippen LogP contribution is 2.42. The number of aryl methyl sites for hydroxylation is 2. The first kappa shape index (κ1) is 22.9. The van der Waals surface area contributed by atoms with E-state index in [1.54, 1.807) is 51.2 Å². The summed E-state index contributed by atoms with van der Waals surface area (Å²) in [4.78, 5) is 44.8. The summed E-state index contributed by atoms with van der Waals surface area (Å²) in [6.07, 6.45) is 2.34. The fourth-order valence-corrected chi connectivity index (χ4v) is 4.81. The van der Waals surface area contributed by atoms with E-state index < -0.39 is 24.0 Å². The molecule has 172 valence electrons. The minimum atomic E-state index is -1.19. The van der Waals surface area contributed by atoms with Gasteiger partial charge in [-0.05, 0) is 45.2 Å². The minimum Gasteiger partial charge on any atom is -0.452 e. The number of carbonyl (C=O) groups is 3. The van der Waals surface area contributed by atoms with Crippen LogP contribution in [0.15, 0.2) is 34.9 Å². The van der Waals surface area contributed by atoms with E-state index in [0.717, 1.165) is 12.8 Å². The minimum absolute atomic E-state index is 0.0735. The SMILES string of the molecule is Cc1cc(C(=O)OCC(=O)N(C)C2(c3ccccc3Cl)CCCCC2=O)c2c(C)noc2n1. The number of hydrogen-bond acceptors (Lipinski definition) is 7. The number of benzene rings is 1. The molecule has 0 bridgehead atoms. The second-order valence-electron chi connectivity index (χ2n) is 8.26. The van der Waals surface area contributed by atoms with E-state index in [2.05, 4.69) is 10.1 Å². The molecule has 9 heteroatoms. The van der Waals surface area contributed by atoms with Gasteiger partial charge in [-0.2, -0.15) is 0 Å². The third-order valence-electron chi connectivity index (χ3n) is 6.21. The number of likely N-dealkylation sites (N-methyl/N-ethyl adjacent to an activating group) is 1. The van der Waals surface area contributed by atoms with Gasteiger partial charge in [0.25, 0.3) is 11.6 Å². The van der Waals surface area contributed by atoms with Gasteiger partial charge in [0.05, 0.1) is 16.6 Å². The lowest BCUT2D eigenvalue weighted by Gasteiger charge is -2.43. The maximum absolute atomic E-state index is 13.2. The standard InChI is InChI=1S/C24H24ClN3O5/c1-14-12-16(21-15(2)27-33-22(21)26-14)23(31)32-13-20(30)28(3)24(11-7-6-10-19(24)29)17-8-4-5-9-18(17)25/h4-5,8-9,12H,6-7,10-11,13H2,1-3H3. The number of carbonyl (C=O) groups excluding carboxylic acids is 3. The zero-order valence-corrected chi connectivity index (χ0v) is 19.4. The summed E-state index contributed by atoms with van der Waals surface area (Å²) in [7, 11) is 1.56. The summed E-state index contributed by atoms with van der Waals surface area (Å²) in [6.45, 7) is 2.89. The third-order valence-corrected chi connectivity index (χ3v) is 6.54. The van der Waals surface area contributed by atoms with Crippen molar-refractivity contribution >= 4 is 40.4 Å². The summed E-state index contributed by atoms with van der Waals surface area (Å²) in [6, 6.07) is 8.62. The van der Waals surface area contributed by atoms with E-state index in [0.29, 0.717) is 40.2 Å². The first-order chi connectivity index (χ1) is 15.8. The molecule has 1 fully saturated rings. The van der Waals surface area contributed by atoms with Crippen molar-refractivity contribution in [2.75, 3.05) is 13.7 Å². The molecule has 1 aliphatic carbocycles. The normalized spacial score (nSPS) is 18.4. The van der Waals surface area contributed by atoms with E-state index in [1.165, 1.54) is 4.90 Å². The van der Waals surface area contributed by atoms with Crippen molar-refractivity contribution in [2.45, 2.75) is 45.1 Å². The average molecular weight is 470 g/mol. The number of esters is 1. The predicted molar refractivity (Wildman–Crippen MR) is 121 cm³/mol. The first-order valence-corrected chi connectivity index (χ1v) is 11.1. The monoisotopic (exact) mass is 469 g/mol. The van der Waals surface area contributed by atoms with E-state index in [4.69, 9.17) is 20.9 Å². The Morgan fingerprint density at radius 2 is 2.00 bits per heavy atom. The largest absolute Gasteiger partial charge is 0.452 e. The third kappa shape index (κ3) is 3.99. The van der Waals surface area contributed by atoms with E-state index in [9.17, 15) is 14.4 Å². The number of ether oxygens (including phenoxy) is 1. The van der Waals surface area contributed by atoms with Crippen molar-refractivity contribution in [3.05, 3.63) is 57.9 Å². The lowest BCUT2D eigenvalue weighted by Crippen LogP contribution is -2.55. The van der Waals surface area contributed by atoms with Gasteiger partial charge in [-0.3, -0.25) is 9.59 Å². The molecule has 1 atom stereocenters. The Labute approximate surface area is 195 Å². The first-order valence-electron chi connectivity index (χ1n) is 10.7. The molecule has 1 unspecified atom stereocenters. The molecule has 4 rings (SSSR count). The topological polar surface area (TPSA) is 103 Å². The molecule has 3 aromatic rings. The van der Waals surface area contributed by atoms with E-state index in [1.807, 2.05) is 0 Å². The van der Waals surface area contributed by atoms with Crippen molar-refractivity contribution in [3.63, 3.8) is 0 Å². The number of Topliss-reactive ketones (excluding diaryl/α,β-unsaturated/α-hetero) is 1. The van der Waals surface area contributed by atoms with Gasteiger partial charge < -0.3 is 14.2 Å². The molecule has 0 N–H and O–H groups in total. The molecule has 1 aliphatic rings. The molecule has 1 saturated carbocycles. The number of rotatable bonds is 5. The van der Waals surface area contributed by atoms with Crippen molar-refractivity contribution in [1.29, 1.82) is 0 Å². The Balaban J connectivity index is 1.59. The van der Waals surface area contributed by atoms with Crippen LogP contribution in [0.3, 0.4) is 0 Å². The molecule has 0 saturated heterocycles. The number of aromatic nitrogens is 2. The van der Waals surface area contributed by atoms with Crippen LogP contribution in [0.2, 0.25) is 5.02 Å².